The molecule has 4 heterocycles. The van der Waals surface area contributed by atoms with Crippen molar-refractivity contribution in [1.29, 1.82) is 5.26 Å². The Morgan fingerprint density at radius 1 is 0.981 bits per heavy atom. The lowest BCUT2D eigenvalue weighted by Gasteiger charge is -2.41. The smallest absolute Gasteiger partial charge is 0.411 e. The number of carbonyl (C=O) groups excluding carboxylic acids is 2. The first kappa shape index (κ1) is 36.9. The van der Waals surface area contributed by atoms with E-state index in [1.165, 1.54) is 62.9 Å². The molecular formula is C38H45N5O8S. The molecule has 1 aromatic heterocycles. The van der Waals surface area contributed by atoms with Crippen LogP contribution in [0.5, 0.6) is 17.4 Å². The fraction of sp³-hybridized carbons (Fsp3) is 0.474. The molecule has 14 heteroatoms. The van der Waals surface area contributed by atoms with Gasteiger partial charge in [0, 0.05) is 37.0 Å². The zero-order valence-electron chi connectivity index (χ0n) is 30.2. The van der Waals surface area contributed by atoms with Crippen LogP contribution in [0.25, 0.3) is 0 Å². The number of likely N-dealkylation sites (tertiary alicyclic amines) is 2. The van der Waals surface area contributed by atoms with Gasteiger partial charge in [-0.1, -0.05) is 0 Å². The summed E-state index contributed by atoms with van der Waals surface area (Å²) in [7, 11) is -1.99. The molecular weight excluding hydrogens is 687 g/mol. The molecule has 3 aromatic rings. The maximum absolute atomic E-state index is 15.2. The number of hydrogen-bond donors (Lipinski definition) is 0. The summed E-state index contributed by atoms with van der Waals surface area (Å²) in [6, 6.07) is 13.9. The van der Waals surface area contributed by atoms with Crippen LogP contribution in [0.15, 0.2) is 59.6 Å². The first-order chi connectivity index (χ1) is 25.0. The Kier molecular flexibility index (Phi) is 10.6. The van der Waals surface area contributed by atoms with Crippen molar-refractivity contribution >= 4 is 27.7 Å². The molecule has 6 rings (SSSR count). The van der Waals surface area contributed by atoms with Gasteiger partial charge in [-0.25, -0.2) is 18.2 Å². The second-order valence-corrected chi connectivity index (χ2v) is 15.3. The predicted octanol–water partition coefficient (Wildman–Crippen LogP) is 5.32. The fourth-order valence-electron chi connectivity index (χ4n) is 7.74. The van der Waals surface area contributed by atoms with Crippen molar-refractivity contribution in [2.75, 3.05) is 51.3 Å². The topological polar surface area (TPSA) is 152 Å². The molecule has 1 atom stereocenters. The van der Waals surface area contributed by atoms with Crippen LogP contribution in [0, 0.1) is 23.2 Å². The molecule has 2 amide bonds. The van der Waals surface area contributed by atoms with E-state index < -0.39 is 27.6 Å². The van der Waals surface area contributed by atoms with Crippen LogP contribution in [0.1, 0.15) is 63.1 Å². The van der Waals surface area contributed by atoms with E-state index in [2.05, 4.69) is 29.8 Å². The van der Waals surface area contributed by atoms with E-state index >= 15 is 4.79 Å². The molecule has 0 N–H and O–H groups in total. The normalized spacial score (nSPS) is 20.1. The molecule has 0 spiro atoms. The molecule has 1 unspecified atom stereocenters. The standard InChI is InChI=1S/C38H45N5O8S/c1-6-50-35-30(8-7-17-40-35)38(51-37(45)42-20-15-28(16-21-42)27-13-18-41(19-14-27)25(2)3)31-22-26(24-39)9-11-32(31)43(36(38)44)52(46,47)34-12-10-29(48-4)23-33(34)49-5/h7-12,17,22-23,25,27-28H,6,13-16,18-21H2,1-5H3. The van der Waals surface area contributed by atoms with Gasteiger partial charge in [-0.3, -0.25) is 4.79 Å². The molecule has 0 aliphatic carbocycles. The largest absolute Gasteiger partial charge is 0.497 e. The summed E-state index contributed by atoms with van der Waals surface area (Å²) in [5, 5.41) is 9.94. The third kappa shape index (κ3) is 6.52. The van der Waals surface area contributed by atoms with Crippen molar-refractivity contribution in [2.45, 2.75) is 63.0 Å². The van der Waals surface area contributed by atoms with Gasteiger partial charge in [-0.05, 0) is 114 Å². The first-order valence-corrected chi connectivity index (χ1v) is 19.1. The summed E-state index contributed by atoms with van der Waals surface area (Å²) in [5.74, 6) is 0.197. The molecule has 276 valence electrons. The minimum absolute atomic E-state index is 0.0123. The Bertz CT molecular complexity index is 1970. The Labute approximate surface area is 305 Å². The van der Waals surface area contributed by atoms with Crippen LogP contribution in [-0.2, 0) is 25.2 Å². The first-order valence-electron chi connectivity index (χ1n) is 17.7. The molecule has 0 radical (unpaired) electrons. The van der Waals surface area contributed by atoms with E-state index in [1.807, 2.05) is 0 Å². The lowest BCUT2D eigenvalue weighted by molar-refractivity contribution is -0.132. The summed E-state index contributed by atoms with van der Waals surface area (Å²) >= 11 is 0. The van der Waals surface area contributed by atoms with Gasteiger partial charge in [0.1, 0.15) is 16.4 Å². The molecule has 0 bridgehead atoms. The Balaban J connectivity index is 1.41. The number of pyridine rings is 1. The lowest BCUT2D eigenvalue weighted by Crippen LogP contribution is -2.50. The van der Waals surface area contributed by atoms with Gasteiger partial charge in [0.15, 0.2) is 0 Å². The van der Waals surface area contributed by atoms with E-state index in [0.29, 0.717) is 41.0 Å². The zero-order valence-corrected chi connectivity index (χ0v) is 31.0. The van der Waals surface area contributed by atoms with Crippen molar-refractivity contribution in [3.8, 4) is 23.4 Å². The van der Waals surface area contributed by atoms with Crippen molar-refractivity contribution < 1.29 is 37.0 Å². The van der Waals surface area contributed by atoms with Gasteiger partial charge < -0.3 is 28.7 Å². The second-order valence-electron chi connectivity index (χ2n) is 13.6. The summed E-state index contributed by atoms with van der Waals surface area (Å²) in [4.78, 5) is 37.6. The molecule has 2 fully saturated rings. The summed E-state index contributed by atoms with van der Waals surface area (Å²) < 4.78 is 52.8. The highest BCUT2D eigenvalue weighted by Crippen LogP contribution is 2.52. The SMILES string of the molecule is CCOc1ncccc1C1(OC(=O)N2CCC(C3CCN(C(C)C)CC3)CC2)C(=O)N(S(=O)(=O)c2ccc(OC)cc2OC)c2ccc(C#N)cc21. The molecule has 2 saturated heterocycles. The van der Waals surface area contributed by atoms with E-state index in [0.717, 1.165) is 38.8 Å². The quantitative estimate of drug-likeness (QED) is 0.267. The number of nitrogens with zero attached hydrogens (tertiary/aromatic N) is 5. The highest BCUT2D eigenvalue weighted by Gasteiger charge is 2.61. The van der Waals surface area contributed by atoms with Crippen LogP contribution in [0.3, 0.4) is 0 Å². The number of amides is 2. The number of ether oxygens (including phenoxy) is 4. The van der Waals surface area contributed by atoms with Gasteiger partial charge in [0.05, 0.1) is 43.7 Å². The molecule has 3 aliphatic rings. The summed E-state index contributed by atoms with van der Waals surface area (Å²) in [6.07, 6.45) is 4.48. The van der Waals surface area contributed by atoms with E-state index in [4.69, 9.17) is 18.9 Å². The monoisotopic (exact) mass is 731 g/mol. The van der Waals surface area contributed by atoms with Crippen LogP contribution in [-0.4, -0.2) is 88.2 Å². The van der Waals surface area contributed by atoms with Crippen LogP contribution in [0.2, 0.25) is 0 Å². The molecule has 13 nitrogen and oxygen atoms in total. The number of aromatic nitrogens is 1. The summed E-state index contributed by atoms with van der Waals surface area (Å²) in [5.41, 5.74) is -2.34. The van der Waals surface area contributed by atoms with E-state index in [-0.39, 0.29) is 45.5 Å². The third-order valence-electron chi connectivity index (χ3n) is 10.5. The average molecular weight is 732 g/mol. The number of carbonyl (C=O) groups is 2. The van der Waals surface area contributed by atoms with Crippen molar-refractivity contribution in [2.24, 2.45) is 11.8 Å². The number of piperidine rings is 2. The number of fused-ring (bicyclic) bond motifs is 1. The number of benzene rings is 2. The number of sulfonamides is 1. The van der Waals surface area contributed by atoms with Gasteiger partial charge in [0.25, 0.3) is 21.5 Å². The number of hydrogen-bond acceptors (Lipinski definition) is 11. The van der Waals surface area contributed by atoms with Gasteiger partial charge >= 0.3 is 6.09 Å². The Morgan fingerprint density at radius 3 is 2.29 bits per heavy atom. The average Bonchev–Trinajstić information content (AvgIpc) is 3.42. The van der Waals surface area contributed by atoms with Crippen LogP contribution < -0.4 is 18.5 Å². The lowest BCUT2D eigenvalue weighted by atomic mass is 9.78. The highest BCUT2D eigenvalue weighted by molar-refractivity contribution is 7.93. The van der Waals surface area contributed by atoms with E-state index in [1.54, 1.807) is 17.9 Å². The minimum atomic E-state index is -4.73. The van der Waals surface area contributed by atoms with Crippen molar-refractivity contribution in [3.63, 3.8) is 0 Å². The number of nitriles is 1. The predicted molar refractivity (Wildman–Crippen MR) is 192 cm³/mol. The summed E-state index contributed by atoms with van der Waals surface area (Å²) in [6.45, 7) is 9.29. The molecule has 52 heavy (non-hydrogen) atoms. The Hall–Kier alpha value is -4.87. The highest BCUT2D eigenvalue weighted by atomic mass is 32.2. The molecule has 0 saturated carbocycles. The van der Waals surface area contributed by atoms with Crippen LogP contribution in [0.4, 0.5) is 10.5 Å². The number of anilines is 1. The fourth-order valence-corrected chi connectivity index (χ4v) is 9.34. The Morgan fingerprint density at radius 2 is 1.67 bits per heavy atom. The maximum atomic E-state index is 15.2. The van der Waals surface area contributed by atoms with E-state index in [9.17, 15) is 18.5 Å². The van der Waals surface area contributed by atoms with Gasteiger partial charge in [-0.15, -0.1) is 0 Å². The molecule has 2 aromatic carbocycles. The van der Waals surface area contributed by atoms with Crippen molar-refractivity contribution in [3.05, 3.63) is 71.4 Å². The minimum Gasteiger partial charge on any atom is -0.497 e. The number of methoxy groups -OCH3 is 2. The number of rotatable bonds is 10. The van der Waals surface area contributed by atoms with Gasteiger partial charge in [0.2, 0.25) is 5.88 Å². The third-order valence-corrected chi connectivity index (χ3v) is 12.3. The van der Waals surface area contributed by atoms with Crippen molar-refractivity contribution in [1.82, 2.24) is 14.8 Å². The molecule has 3 aliphatic heterocycles. The zero-order chi connectivity index (χ0) is 37.2. The second kappa shape index (κ2) is 15.0. The van der Waals surface area contributed by atoms with Crippen LogP contribution >= 0.6 is 0 Å². The maximum Gasteiger partial charge on any atom is 0.411 e. The van der Waals surface area contributed by atoms with Gasteiger partial charge in [-0.2, -0.15) is 9.57 Å².